The molecule has 0 saturated carbocycles. The zero-order valence-electron chi connectivity index (χ0n) is 12.0. The predicted octanol–water partition coefficient (Wildman–Crippen LogP) is 3.57. The highest BCUT2D eigenvalue weighted by atomic mass is 15.1. The van der Waals surface area contributed by atoms with E-state index in [9.17, 15) is 0 Å². The van der Waals surface area contributed by atoms with Crippen molar-refractivity contribution >= 4 is 16.7 Å². The van der Waals surface area contributed by atoms with Gasteiger partial charge in [-0.25, -0.2) is 4.98 Å². The van der Waals surface area contributed by atoms with Crippen LogP contribution in [0.15, 0.2) is 36.7 Å². The number of rotatable bonds is 2. The van der Waals surface area contributed by atoms with Crippen molar-refractivity contribution in [2.45, 2.75) is 26.8 Å². The maximum Gasteiger partial charge on any atom is 0.131 e. The number of hydrogen-bond acceptors (Lipinski definition) is 3. The van der Waals surface area contributed by atoms with E-state index in [1.54, 1.807) is 6.33 Å². The van der Waals surface area contributed by atoms with E-state index in [2.05, 4.69) is 35.9 Å². The first kappa shape index (κ1) is 12.7. The number of imidazole rings is 1. The number of aromatic nitrogens is 3. The van der Waals surface area contributed by atoms with Gasteiger partial charge in [-0.15, -0.1) is 0 Å². The third-order valence-electron chi connectivity index (χ3n) is 3.49. The van der Waals surface area contributed by atoms with E-state index >= 15 is 0 Å². The van der Waals surface area contributed by atoms with E-state index in [0.29, 0.717) is 11.9 Å². The Labute approximate surface area is 118 Å². The Morgan fingerprint density at radius 1 is 1.15 bits per heavy atom. The average molecular weight is 266 g/mol. The Morgan fingerprint density at radius 2 is 1.95 bits per heavy atom. The first-order valence-corrected chi connectivity index (χ1v) is 6.76. The minimum atomic E-state index is 0.307. The van der Waals surface area contributed by atoms with Gasteiger partial charge in [-0.1, -0.05) is 12.1 Å². The highest BCUT2D eigenvalue weighted by molar-refractivity contribution is 5.85. The molecule has 0 saturated heterocycles. The van der Waals surface area contributed by atoms with Crippen LogP contribution in [0.4, 0.5) is 5.82 Å². The van der Waals surface area contributed by atoms with Crippen molar-refractivity contribution in [2.24, 2.45) is 0 Å². The first-order valence-electron chi connectivity index (χ1n) is 6.76. The first-order chi connectivity index (χ1) is 9.56. The molecule has 0 aliphatic heterocycles. The molecule has 2 aromatic heterocycles. The second-order valence-corrected chi connectivity index (χ2v) is 5.34. The van der Waals surface area contributed by atoms with E-state index < -0.39 is 0 Å². The van der Waals surface area contributed by atoms with Crippen LogP contribution in [0.3, 0.4) is 0 Å². The van der Waals surface area contributed by atoms with Gasteiger partial charge in [-0.05, 0) is 39.0 Å². The average Bonchev–Trinajstić information content (AvgIpc) is 2.80. The van der Waals surface area contributed by atoms with Crippen molar-refractivity contribution in [3.8, 4) is 11.3 Å². The lowest BCUT2D eigenvalue weighted by Gasteiger charge is -2.09. The minimum Gasteiger partial charge on any atom is -0.383 e. The number of nitrogen functional groups attached to an aromatic ring is 1. The summed E-state index contributed by atoms with van der Waals surface area (Å²) >= 11 is 0. The van der Waals surface area contributed by atoms with Gasteiger partial charge >= 0.3 is 0 Å². The molecule has 20 heavy (non-hydrogen) atoms. The van der Waals surface area contributed by atoms with Crippen LogP contribution >= 0.6 is 0 Å². The van der Waals surface area contributed by atoms with Crippen molar-refractivity contribution in [1.29, 1.82) is 0 Å². The summed E-state index contributed by atoms with van der Waals surface area (Å²) in [6.45, 7) is 6.18. The number of benzene rings is 1. The molecule has 0 aliphatic carbocycles. The van der Waals surface area contributed by atoms with Crippen molar-refractivity contribution in [3.63, 3.8) is 0 Å². The summed E-state index contributed by atoms with van der Waals surface area (Å²) in [5.74, 6) is 0.708. The molecule has 3 rings (SSSR count). The smallest absolute Gasteiger partial charge is 0.131 e. The van der Waals surface area contributed by atoms with Crippen LogP contribution in [0.1, 0.15) is 25.6 Å². The lowest BCUT2D eigenvalue weighted by molar-refractivity contribution is 0.607. The molecule has 2 N–H and O–H groups in total. The van der Waals surface area contributed by atoms with Gasteiger partial charge in [0.2, 0.25) is 0 Å². The van der Waals surface area contributed by atoms with E-state index in [1.165, 1.54) is 0 Å². The summed E-state index contributed by atoms with van der Waals surface area (Å²) in [5, 5.41) is 1.10. The number of nitrogens with zero attached hydrogens (tertiary/aromatic N) is 3. The highest BCUT2D eigenvalue weighted by Crippen LogP contribution is 2.28. The van der Waals surface area contributed by atoms with E-state index in [0.717, 1.165) is 27.9 Å². The number of fused-ring (bicyclic) bond motifs is 1. The molecule has 4 heteroatoms. The molecule has 2 heterocycles. The second-order valence-electron chi connectivity index (χ2n) is 5.34. The zero-order valence-corrected chi connectivity index (χ0v) is 12.0. The summed E-state index contributed by atoms with van der Waals surface area (Å²) in [7, 11) is 0. The SMILES string of the molecule is Cc1ccc2cc(-c3ncn(C(C)C)c3N)ccc2n1. The molecule has 3 aromatic rings. The van der Waals surface area contributed by atoms with Crippen LogP contribution < -0.4 is 5.73 Å². The topological polar surface area (TPSA) is 56.7 Å². The number of anilines is 1. The Balaban J connectivity index is 2.13. The fraction of sp³-hybridized carbons (Fsp3) is 0.250. The quantitative estimate of drug-likeness (QED) is 0.771. The summed E-state index contributed by atoms with van der Waals surface area (Å²) < 4.78 is 1.98. The maximum absolute atomic E-state index is 6.19. The fourth-order valence-corrected chi connectivity index (χ4v) is 2.38. The van der Waals surface area contributed by atoms with Crippen LogP contribution in [-0.4, -0.2) is 14.5 Å². The van der Waals surface area contributed by atoms with Crippen molar-refractivity contribution in [2.75, 3.05) is 5.73 Å². The lowest BCUT2D eigenvalue weighted by Crippen LogP contribution is -2.04. The van der Waals surface area contributed by atoms with Gasteiger partial charge in [-0.3, -0.25) is 4.98 Å². The molecule has 0 radical (unpaired) electrons. The molecular formula is C16H18N4. The summed E-state index contributed by atoms with van der Waals surface area (Å²) in [6, 6.07) is 10.5. The van der Waals surface area contributed by atoms with Crippen LogP contribution in [0.25, 0.3) is 22.2 Å². The maximum atomic E-state index is 6.19. The van der Waals surface area contributed by atoms with Gasteiger partial charge in [0, 0.05) is 22.7 Å². The zero-order chi connectivity index (χ0) is 14.3. The molecule has 0 spiro atoms. The highest BCUT2D eigenvalue weighted by Gasteiger charge is 2.12. The van der Waals surface area contributed by atoms with Gasteiger partial charge in [0.15, 0.2) is 0 Å². The Kier molecular flexibility index (Phi) is 2.93. The lowest BCUT2D eigenvalue weighted by atomic mass is 10.1. The molecule has 0 aliphatic rings. The summed E-state index contributed by atoms with van der Waals surface area (Å²) in [5.41, 5.74) is 10.1. The molecule has 0 unspecified atom stereocenters. The van der Waals surface area contributed by atoms with Crippen molar-refractivity contribution < 1.29 is 0 Å². The van der Waals surface area contributed by atoms with E-state index in [-0.39, 0.29) is 0 Å². The van der Waals surface area contributed by atoms with Gasteiger partial charge in [-0.2, -0.15) is 0 Å². The third kappa shape index (κ3) is 2.03. The third-order valence-corrected chi connectivity index (χ3v) is 3.49. The Hall–Kier alpha value is -2.36. The van der Waals surface area contributed by atoms with Gasteiger partial charge in [0.1, 0.15) is 11.5 Å². The molecule has 0 fully saturated rings. The Bertz CT molecular complexity index is 771. The largest absolute Gasteiger partial charge is 0.383 e. The van der Waals surface area contributed by atoms with Gasteiger partial charge in [0.05, 0.1) is 11.8 Å². The van der Waals surface area contributed by atoms with Crippen molar-refractivity contribution in [1.82, 2.24) is 14.5 Å². The number of aryl methyl sites for hydroxylation is 1. The monoisotopic (exact) mass is 266 g/mol. The summed E-state index contributed by atoms with van der Waals surface area (Å²) in [4.78, 5) is 8.96. The molecular weight excluding hydrogens is 248 g/mol. The molecule has 4 nitrogen and oxygen atoms in total. The van der Waals surface area contributed by atoms with Gasteiger partial charge in [0.25, 0.3) is 0 Å². The number of hydrogen-bond donors (Lipinski definition) is 1. The fourth-order valence-electron chi connectivity index (χ4n) is 2.38. The predicted molar refractivity (Wildman–Crippen MR) is 82.5 cm³/mol. The molecule has 1 aromatic carbocycles. The number of pyridine rings is 1. The standard InChI is InChI=1S/C16H18N4/c1-10(2)20-9-18-15(16(20)17)13-6-7-14-12(8-13)5-4-11(3)19-14/h4-10H,17H2,1-3H3. The van der Waals surface area contributed by atoms with E-state index in [1.807, 2.05) is 29.7 Å². The molecule has 0 amide bonds. The molecule has 0 atom stereocenters. The van der Waals surface area contributed by atoms with Crippen LogP contribution in [-0.2, 0) is 0 Å². The second kappa shape index (κ2) is 4.63. The van der Waals surface area contributed by atoms with E-state index in [4.69, 9.17) is 5.73 Å². The van der Waals surface area contributed by atoms with Crippen LogP contribution in [0, 0.1) is 6.92 Å². The summed E-state index contributed by atoms with van der Waals surface area (Å²) in [6.07, 6.45) is 1.80. The normalized spacial score (nSPS) is 11.4. The van der Waals surface area contributed by atoms with Gasteiger partial charge < -0.3 is 10.3 Å². The molecule has 0 bridgehead atoms. The minimum absolute atomic E-state index is 0.307. The Morgan fingerprint density at radius 3 is 2.65 bits per heavy atom. The van der Waals surface area contributed by atoms with Crippen molar-refractivity contribution in [3.05, 3.63) is 42.4 Å². The van der Waals surface area contributed by atoms with Crippen LogP contribution in [0.2, 0.25) is 0 Å². The number of nitrogens with two attached hydrogens (primary N) is 1. The van der Waals surface area contributed by atoms with Crippen LogP contribution in [0.5, 0.6) is 0 Å². The molecule has 102 valence electrons.